The summed E-state index contributed by atoms with van der Waals surface area (Å²) >= 11 is 4.83. The highest BCUT2D eigenvalue weighted by atomic mass is 32.1. The van der Waals surface area contributed by atoms with Crippen molar-refractivity contribution in [1.82, 2.24) is 0 Å². The van der Waals surface area contributed by atoms with E-state index >= 15 is 0 Å². The fourth-order valence-corrected chi connectivity index (χ4v) is 1.71. The van der Waals surface area contributed by atoms with Crippen LogP contribution in [0.2, 0.25) is 0 Å². The van der Waals surface area contributed by atoms with Crippen LogP contribution in [-0.4, -0.2) is 11.5 Å². The van der Waals surface area contributed by atoms with Gasteiger partial charge >= 0.3 is 0 Å². The minimum absolute atomic E-state index is 0.103. The summed E-state index contributed by atoms with van der Waals surface area (Å²) in [6, 6.07) is 4.84. The number of benzene rings is 1. The van der Waals surface area contributed by atoms with E-state index in [1.807, 2.05) is 0 Å². The zero-order chi connectivity index (χ0) is 10.8. The number of hydrogen-bond donors (Lipinski definition) is 2. The Labute approximate surface area is 93.7 Å². The molecule has 0 bridgehead atoms. The molecule has 1 fully saturated rings. The highest BCUT2D eigenvalue weighted by molar-refractivity contribution is 7.80. The standard InChI is InChI=1S/C11H13FN2S/c12-8-2-1-3-9(10(8)11(13)15)14-6-7-4-5-7/h1-3,7,14H,4-6H2,(H2,13,15). The van der Waals surface area contributed by atoms with Gasteiger partial charge in [-0.1, -0.05) is 18.3 Å². The Morgan fingerprint density at radius 1 is 1.53 bits per heavy atom. The van der Waals surface area contributed by atoms with Crippen molar-refractivity contribution >= 4 is 22.9 Å². The van der Waals surface area contributed by atoms with Crippen LogP contribution in [0.15, 0.2) is 18.2 Å². The van der Waals surface area contributed by atoms with Crippen molar-refractivity contribution in [2.45, 2.75) is 12.8 Å². The van der Waals surface area contributed by atoms with Crippen LogP contribution >= 0.6 is 12.2 Å². The molecule has 1 aromatic rings. The van der Waals surface area contributed by atoms with Crippen LogP contribution in [0, 0.1) is 11.7 Å². The molecule has 0 heterocycles. The lowest BCUT2D eigenvalue weighted by atomic mass is 10.1. The lowest BCUT2D eigenvalue weighted by Crippen LogP contribution is -2.16. The average molecular weight is 224 g/mol. The quantitative estimate of drug-likeness (QED) is 0.771. The van der Waals surface area contributed by atoms with Gasteiger partial charge in [-0.2, -0.15) is 0 Å². The molecule has 80 valence electrons. The van der Waals surface area contributed by atoms with Gasteiger partial charge in [0.1, 0.15) is 10.8 Å². The summed E-state index contributed by atoms with van der Waals surface area (Å²) < 4.78 is 13.4. The Morgan fingerprint density at radius 3 is 2.87 bits per heavy atom. The SMILES string of the molecule is NC(=S)c1c(F)cccc1NCC1CC1. The zero-order valence-electron chi connectivity index (χ0n) is 8.29. The molecular weight excluding hydrogens is 211 g/mol. The maximum atomic E-state index is 13.4. The van der Waals surface area contributed by atoms with Crippen molar-refractivity contribution in [3.63, 3.8) is 0 Å². The van der Waals surface area contributed by atoms with E-state index in [1.54, 1.807) is 12.1 Å². The van der Waals surface area contributed by atoms with Crippen LogP contribution in [0.1, 0.15) is 18.4 Å². The van der Waals surface area contributed by atoms with Crippen molar-refractivity contribution in [3.8, 4) is 0 Å². The molecular formula is C11H13FN2S. The van der Waals surface area contributed by atoms with E-state index in [-0.39, 0.29) is 10.8 Å². The molecule has 0 aliphatic heterocycles. The molecule has 2 rings (SSSR count). The van der Waals surface area contributed by atoms with Crippen LogP contribution in [0.4, 0.5) is 10.1 Å². The lowest BCUT2D eigenvalue weighted by Gasteiger charge is -2.11. The molecule has 0 atom stereocenters. The van der Waals surface area contributed by atoms with Crippen LogP contribution < -0.4 is 11.1 Å². The highest BCUT2D eigenvalue weighted by Crippen LogP contribution is 2.29. The van der Waals surface area contributed by atoms with Crippen LogP contribution in [-0.2, 0) is 0 Å². The van der Waals surface area contributed by atoms with Crippen molar-refractivity contribution in [2.24, 2.45) is 11.7 Å². The smallest absolute Gasteiger partial charge is 0.135 e. The first-order valence-electron chi connectivity index (χ1n) is 5.00. The number of nitrogens with two attached hydrogens (primary N) is 1. The average Bonchev–Trinajstić information content (AvgIpc) is 2.97. The van der Waals surface area contributed by atoms with Crippen molar-refractivity contribution in [2.75, 3.05) is 11.9 Å². The Morgan fingerprint density at radius 2 is 2.27 bits per heavy atom. The maximum Gasteiger partial charge on any atom is 0.135 e. The van der Waals surface area contributed by atoms with Gasteiger partial charge in [0, 0.05) is 12.2 Å². The minimum Gasteiger partial charge on any atom is -0.389 e. The number of halogens is 1. The second-order valence-electron chi connectivity index (χ2n) is 3.85. The van der Waals surface area contributed by atoms with Gasteiger partial charge in [0.2, 0.25) is 0 Å². The largest absolute Gasteiger partial charge is 0.389 e. The molecule has 1 aliphatic rings. The number of anilines is 1. The third-order valence-electron chi connectivity index (χ3n) is 2.54. The molecule has 1 aromatic carbocycles. The van der Waals surface area contributed by atoms with E-state index in [9.17, 15) is 4.39 Å². The highest BCUT2D eigenvalue weighted by Gasteiger charge is 2.21. The molecule has 3 N–H and O–H groups in total. The summed E-state index contributed by atoms with van der Waals surface area (Å²) in [7, 11) is 0. The number of hydrogen-bond acceptors (Lipinski definition) is 2. The summed E-state index contributed by atoms with van der Waals surface area (Å²) in [5.74, 6) is 0.371. The van der Waals surface area contributed by atoms with Crippen LogP contribution in [0.3, 0.4) is 0 Å². The van der Waals surface area contributed by atoms with Crippen molar-refractivity contribution in [3.05, 3.63) is 29.6 Å². The van der Waals surface area contributed by atoms with Gasteiger partial charge in [-0.25, -0.2) is 4.39 Å². The molecule has 0 aromatic heterocycles. The first-order valence-corrected chi connectivity index (χ1v) is 5.41. The van der Waals surface area contributed by atoms with Crippen LogP contribution in [0.25, 0.3) is 0 Å². The topological polar surface area (TPSA) is 38.0 Å². The van der Waals surface area contributed by atoms with Crippen molar-refractivity contribution < 1.29 is 4.39 Å². The second kappa shape index (κ2) is 4.14. The molecule has 0 amide bonds. The first-order chi connectivity index (χ1) is 7.18. The van der Waals surface area contributed by atoms with Gasteiger partial charge in [0.25, 0.3) is 0 Å². The molecule has 0 spiro atoms. The normalized spacial score (nSPS) is 15.0. The van der Waals surface area contributed by atoms with Gasteiger partial charge in [0.15, 0.2) is 0 Å². The molecule has 1 aliphatic carbocycles. The number of nitrogens with one attached hydrogen (secondary N) is 1. The second-order valence-corrected chi connectivity index (χ2v) is 4.29. The summed E-state index contributed by atoms with van der Waals surface area (Å²) in [4.78, 5) is 0.103. The molecule has 0 radical (unpaired) electrons. The summed E-state index contributed by atoms with van der Waals surface area (Å²) in [6.45, 7) is 0.874. The number of thiocarbonyl (C=S) groups is 1. The molecule has 1 saturated carbocycles. The van der Waals surface area contributed by atoms with E-state index in [4.69, 9.17) is 18.0 Å². The van der Waals surface area contributed by atoms with E-state index in [0.717, 1.165) is 12.5 Å². The maximum absolute atomic E-state index is 13.4. The monoisotopic (exact) mass is 224 g/mol. The third-order valence-corrected chi connectivity index (χ3v) is 2.74. The van der Waals surface area contributed by atoms with Gasteiger partial charge in [0.05, 0.1) is 5.56 Å². The van der Waals surface area contributed by atoms with Crippen molar-refractivity contribution in [1.29, 1.82) is 0 Å². The van der Waals surface area contributed by atoms with E-state index < -0.39 is 0 Å². The van der Waals surface area contributed by atoms with E-state index in [0.29, 0.717) is 11.3 Å². The van der Waals surface area contributed by atoms with Crippen LogP contribution in [0.5, 0.6) is 0 Å². The van der Waals surface area contributed by atoms with E-state index in [2.05, 4.69) is 5.32 Å². The Hall–Kier alpha value is -1.16. The Bertz CT molecular complexity index is 388. The fourth-order valence-electron chi connectivity index (χ4n) is 1.50. The molecule has 2 nitrogen and oxygen atoms in total. The first kappa shape index (κ1) is 10.4. The fraction of sp³-hybridized carbons (Fsp3) is 0.364. The molecule has 15 heavy (non-hydrogen) atoms. The zero-order valence-corrected chi connectivity index (χ0v) is 9.11. The van der Waals surface area contributed by atoms with Gasteiger partial charge in [-0.15, -0.1) is 0 Å². The number of rotatable bonds is 4. The van der Waals surface area contributed by atoms with E-state index in [1.165, 1.54) is 18.9 Å². The molecule has 0 saturated heterocycles. The Kier molecular flexibility index (Phi) is 2.86. The molecule has 0 unspecified atom stereocenters. The summed E-state index contributed by atoms with van der Waals surface area (Å²) in [6.07, 6.45) is 2.51. The molecule has 4 heteroatoms. The third kappa shape index (κ3) is 2.45. The predicted octanol–water partition coefficient (Wildman–Crippen LogP) is 2.28. The Balaban J connectivity index is 2.19. The minimum atomic E-state index is -0.358. The predicted molar refractivity (Wildman–Crippen MR) is 63.5 cm³/mol. The summed E-state index contributed by atoms with van der Waals surface area (Å²) in [5.41, 5.74) is 6.52. The van der Waals surface area contributed by atoms with Gasteiger partial charge < -0.3 is 11.1 Å². The summed E-state index contributed by atoms with van der Waals surface area (Å²) in [5, 5.41) is 3.19. The van der Waals surface area contributed by atoms with Gasteiger partial charge in [-0.05, 0) is 30.9 Å². The lowest BCUT2D eigenvalue weighted by molar-refractivity contribution is 0.626. The van der Waals surface area contributed by atoms with Gasteiger partial charge in [-0.3, -0.25) is 0 Å².